The lowest BCUT2D eigenvalue weighted by atomic mass is 9.98. The number of quaternary nitrogens is 1. The molecule has 0 aromatic rings. The van der Waals surface area contributed by atoms with Crippen LogP contribution in [-0.4, -0.2) is 59.4 Å². The third-order valence-electron chi connectivity index (χ3n) is 3.38. The molecule has 1 heterocycles. The van der Waals surface area contributed by atoms with Crippen LogP contribution in [0.4, 0.5) is 0 Å². The van der Waals surface area contributed by atoms with Crippen molar-refractivity contribution in [2.24, 2.45) is 5.92 Å². The predicted molar refractivity (Wildman–Crippen MR) is 57.3 cm³/mol. The number of ketones is 1. The molecule has 4 nitrogen and oxygen atoms in total. The third kappa shape index (κ3) is 2.56. The van der Waals surface area contributed by atoms with Gasteiger partial charge in [0.05, 0.1) is 13.7 Å². The highest BCUT2D eigenvalue weighted by Gasteiger charge is 2.47. The lowest BCUT2D eigenvalue weighted by molar-refractivity contribution is -0.913. The van der Waals surface area contributed by atoms with Crippen LogP contribution in [0.25, 0.3) is 0 Å². The summed E-state index contributed by atoms with van der Waals surface area (Å²) < 4.78 is 0.481. The third-order valence-corrected chi connectivity index (χ3v) is 3.38. The van der Waals surface area contributed by atoms with E-state index in [1.165, 1.54) is 0 Å². The fourth-order valence-electron chi connectivity index (χ4n) is 2.48. The summed E-state index contributed by atoms with van der Waals surface area (Å²) in [6.45, 7) is 4.95. The van der Waals surface area contributed by atoms with Gasteiger partial charge in [-0.05, 0) is 0 Å². The summed E-state index contributed by atoms with van der Waals surface area (Å²) in [7, 11) is 1.94. The molecule has 15 heavy (non-hydrogen) atoms. The lowest BCUT2D eigenvalue weighted by Gasteiger charge is -2.35. The highest BCUT2D eigenvalue weighted by molar-refractivity contribution is 5.85. The topological polar surface area (TPSA) is 57.5 Å². The SMILES string of the molecule is CC(C)C(=O)[C@@H]1C[C@@H](O)C[N+]1(C)CCO. The van der Waals surface area contributed by atoms with Gasteiger partial charge in [0.25, 0.3) is 0 Å². The molecule has 0 amide bonds. The normalized spacial score (nSPS) is 36.1. The Kier molecular flexibility index (Phi) is 3.87. The van der Waals surface area contributed by atoms with Crippen LogP contribution >= 0.6 is 0 Å². The Bertz CT molecular complexity index is 242. The van der Waals surface area contributed by atoms with Crippen LogP contribution in [0.2, 0.25) is 0 Å². The number of nitrogens with zero attached hydrogens (tertiary/aromatic N) is 1. The monoisotopic (exact) mass is 216 g/mol. The second-order valence-electron chi connectivity index (χ2n) is 5.07. The first-order valence-corrected chi connectivity index (χ1v) is 5.57. The van der Waals surface area contributed by atoms with E-state index in [2.05, 4.69) is 0 Å². The zero-order valence-electron chi connectivity index (χ0n) is 9.81. The van der Waals surface area contributed by atoms with Gasteiger partial charge >= 0.3 is 0 Å². The minimum atomic E-state index is -0.408. The van der Waals surface area contributed by atoms with Crippen molar-refractivity contribution < 1.29 is 19.5 Å². The minimum Gasteiger partial charge on any atom is -0.391 e. The van der Waals surface area contributed by atoms with Crippen molar-refractivity contribution in [3.05, 3.63) is 0 Å². The van der Waals surface area contributed by atoms with Gasteiger partial charge in [-0.3, -0.25) is 4.79 Å². The number of carbonyl (C=O) groups excluding carboxylic acids is 1. The van der Waals surface area contributed by atoms with Gasteiger partial charge in [-0.1, -0.05) is 13.8 Å². The smallest absolute Gasteiger partial charge is 0.192 e. The molecule has 0 aromatic heterocycles. The van der Waals surface area contributed by atoms with E-state index < -0.39 is 6.10 Å². The van der Waals surface area contributed by atoms with Crippen molar-refractivity contribution in [3.63, 3.8) is 0 Å². The van der Waals surface area contributed by atoms with E-state index >= 15 is 0 Å². The number of hydrogen-bond donors (Lipinski definition) is 2. The van der Waals surface area contributed by atoms with Gasteiger partial charge in [0.1, 0.15) is 19.2 Å². The van der Waals surface area contributed by atoms with Crippen molar-refractivity contribution in [2.45, 2.75) is 32.4 Å². The van der Waals surface area contributed by atoms with Gasteiger partial charge in [0.2, 0.25) is 0 Å². The maximum absolute atomic E-state index is 12.0. The van der Waals surface area contributed by atoms with Crippen LogP contribution in [0.5, 0.6) is 0 Å². The molecule has 0 bridgehead atoms. The molecule has 0 radical (unpaired) electrons. The van der Waals surface area contributed by atoms with Crippen LogP contribution in [0.15, 0.2) is 0 Å². The standard InChI is InChI=1S/C11H22NO3/c1-8(2)11(15)10-6-9(14)7-12(10,3)4-5-13/h8-10,13-14H,4-7H2,1-3H3/q+1/t9-,10+,12?/m1/s1. The van der Waals surface area contributed by atoms with E-state index in [0.29, 0.717) is 24.0 Å². The number of likely N-dealkylation sites (N-methyl/N-ethyl adjacent to an activating group) is 1. The van der Waals surface area contributed by atoms with Crippen molar-refractivity contribution in [1.29, 1.82) is 0 Å². The van der Waals surface area contributed by atoms with E-state index in [-0.39, 0.29) is 24.3 Å². The summed E-state index contributed by atoms with van der Waals surface area (Å²) in [5, 5.41) is 18.7. The summed E-state index contributed by atoms with van der Waals surface area (Å²) in [6.07, 6.45) is 0.127. The largest absolute Gasteiger partial charge is 0.391 e. The first-order chi connectivity index (χ1) is 6.90. The summed E-state index contributed by atoms with van der Waals surface area (Å²) >= 11 is 0. The van der Waals surface area contributed by atoms with Crippen LogP contribution in [0, 0.1) is 5.92 Å². The van der Waals surface area contributed by atoms with Gasteiger partial charge < -0.3 is 14.7 Å². The molecule has 3 atom stereocenters. The van der Waals surface area contributed by atoms with Crippen LogP contribution in [0.3, 0.4) is 0 Å². The van der Waals surface area contributed by atoms with E-state index in [1.54, 1.807) is 0 Å². The molecular weight excluding hydrogens is 194 g/mol. The van der Waals surface area contributed by atoms with Gasteiger partial charge in [0, 0.05) is 12.3 Å². The first-order valence-electron chi connectivity index (χ1n) is 5.57. The summed E-state index contributed by atoms with van der Waals surface area (Å²) in [5.41, 5.74) is 0. The Morgan fingerprint density at radius 3 is 2.60 bits per heavy atom. The number of rotatable bonds is 4. The molecule has 4 heteroatoms. The zero-order chi connectivity index (χ0) is 11.6. The molecule has 88 valence electrons. The van der Waals surface area contributed by atoms with E-state index in [4.69, 9.17) is 5.11 Å². The molecule has 0 aromatic carbocycles. The molecule has 1 unspecified atom stereocenters. The molecule has 1 fully saturated rings. The number of carbonyl (C=O) groups is 1. The molecule has 1 rings (SSSR count). The number of aliphatic hydroxyl groups excluding tert-OH is 2. The quantitative estimate of drug-likeness (QED) is 0.639. The summed E-state index contributed by atoms with van der Waals surface area (Å²) in [5.74, 6) is 0.193. The minimum absolute atomic E-state index is 0.00329. The van der Waals surface area contributed by atoms with Crippen molar-refractivity contribution >= 4 is 5.78 Å². The predicted octanol–water partition coefficient (Wildman–Crippen LogP) is -0.216. The van der Waals surface area contributed by atoms with Gasteiger partial charge in [-0.15, -0.1) is 0 Å². The second-order valence-corrected chi connectivity index (χ2v) is 5.07. The van der Waals surface area contributed by atoms with Gasteiger partial charge in [0.15, 0.2) is 11.8 Å². The zero-order valence-corrected chi connectivity index (χ0v) is 9.81. The van der Waals surface area contributed by atoms with Gasteiger partial charge in [-0.25, -0.2) is 0 Å². The molecule has 0 aliphatic carbocycles. The van der Waals surface area contributed by atoms with Gasteiger partial charge in [-0.2, -0.15) is 0 Å². The number of aliphatic hydroxyl groups is 2. The first kappa shape index (κ1) is 12.6. The number of Topliss-reactive ketones (excluding diaryl/α,β-unsaturated/α-hetero) is 1. The highest BCUT2D eigenvalue weighted by atomic mass is 16.3. The average molecular weight is 216 g/mol. The Morgan fingerprint density at radius 1 is 1.53 bits per heavy atom. The summed E-state index contributed by atoms with van der Waals surface area (Å²) in [6, 6.07) is -0.146. The molecule has 2 N–H and O–H groups in total. The molecule has 1 aliphatic rings. The Balaban J connectivity index is 2.81. The van der Waals surface area contributed by atoms with Crippen molar-refractivity contribution in [3.8, 4) is 0 Å². The lowest BCUT2D eigenvalue weighted by Crippen LogP contribution is -2.54. The average Bonchev–Trinajstić information content (AvgIpc) is 2.40. The maximum Gasteiger partial charge on any atom is 0.192 e. The van der Waals surface area contributed by atoms with Crippen LogP contribution in [-0.2, 0) is 4.79 Å². The van der Waals surface area contributed by atoms with Crippen molar-refractivity contribution in [2.75, 3.05) is 26.7 Å². The maximum atomic E-state index is 12.0. The summed E-state index contributed by atoms with van der Waals surface area (Å²) in [4.78, 5) is 12.0. The van der Waals surface area contributed by atoms with Crippen LogP contribution < -0.4 is 0 Å². The Labute approximate surface area is 91.1 Å². The Morgan fingerprint density at radius 2 is 2.13 bits per heavy atom. The molecule has 1 saturated heterocycles. The van der Waals surface area contributed by atoms with E-state index in [0.717, 1.165) is 0 Å². The Hall–Kier alpha value is -0.450. The molecule has 1 aliphatic heterocycles. The number of hydrogen-bond acceptors (Lipinski definition) is 3. The number of likely N-dealkylation sites (tertiary alicyclic amines) is 1. The highest BCUT2D eigenvalue weighted by Crippen LogP contribution is 2.27. The molecule has 0 spiro atoms. The second kappa shape index (κ2) is 4.60. The van der Waals surface area contributed by atoms with E-state index in [9.17, 15) is 9.90 Å². The van der Waals surface area contributed by atoms with Crippen molar-refractivity contribution in [1.82, 2.24) is 0 Å². The molecule has 0 saturated carbocycles. The van der Waals surface area contributed by atoms with Crippen LogP contribution in [0.1, 0.15) is 20.3 Å². The fourth-order valence-corrected chi connectivity index (χ4v) is 2.48. The van der Waals surface area contributed by atoms with E-state index in [1.807, 2.05) is 20.9 Å². The molecular formula is C11H22NO3+. The fraction of sp³-hybridized carbons (Fsp3) is 0.909.